The lowest BCUT2D eigenvalue weighted by atomic mass is 9.97. The molecule has 0 fully saturated rings. The van der Waals surface area contributed by atoms with E-state index in [-0.39, 0.29) is 5.91 Å². The predicted octanol–water partition coefficient (Wildman–Crippen LogP) is 2.73. The molecule has 0 aliphatic heterocycles. The van der Waals surface area contributed by atoms with Gasteiger partial charge < -0.3 is 10.6 Å². The topological polar surface area (TPSA) is 54.0 Å². The fraction of sp³-hybridized carbons (Fsp3) is 0.333. The quantitative estimate of drug-likeness (QED) is 0.806. The first kappa shape index (κ1) is 14.6. The van der Waals surface area contributed by atoms with Crippen molar-refractivity contribution in [1.29, 1.82) is 0 Å². The van der Waals surface area contributed by atoms with Gasteiger partial charge in [0.25, 0.3) is 0 Å². The highest BCUT2D eigenvalue weighted by atomic mass is 16.1. The van der Waals surface area contributed by atoms with Gasteiger partial charge >= 0.3 is 0 Å². The molecular weight excluding hydrogens is 274 g/mol. The van der Waals surface area contributed by atoms with E-state index < -0.39 is 0 Å². The zero-order chi connectivity index (χ0) is 15.2. The molecule has 4 nitrogen and oxygen atoms in total. The van der Waals surface area contributed by atoms with E-state index in [1.165, 1.54) is 11.1 Å². The summed E-state index contributed by atoms with van der Waals surface area (Å²) in [6, 6.07) is 12.3. The van der Waals surface area contributed by atoms with Gasteiger partial charge in [-0.25, -0.2) is 0 Å². The number of rotatable bonds is 6. The summed E-state index contributed by atoms with van der Waals surface area (Å²) >= 11 is 0. The maximum atomic E-state index is 12.1. The van der Waals surface area contributed by atoms with E-state index in [2.05, 4.69) is 39.9 Å². The van der Waals surface area contributed by atoms with Crippen LogP contribution in [-0.2, 0) is 11.2 Å². The van der Waals surface area contributed by atoms with Gasteiger partial charge in [0, 0.05) is 31.9 Å². The number of hydrogen-bond donors (Lipinski definition) is 2. The minimum Gasteiger partial charge on any atom is -0.382 e. The van der Waals surface area contributed by atoms with Crippen molar-refractivity contribution < 1.29 is 4.79 Å². The molecule has 1 aliphatic carbocycles. The summed E-state index contributed by atoms with van der Waals surface area (Å²) < 4.78 is 0. The van der Waals surface area contributed by atoms with E-state index in [0.29, 0.717) is 25.4 Å². The van der Waals surface area contributed by atoms with Crippen LogP contribution < -0.4 is 10.6 Å². The number of fused-ring (bicyclic) bond motifs is 1. The second kappa shape index (κ2) is 7.07. The van der Waals surface area contributed by atoms with Gasteiger partial charge in [-0.2, -0.15) is 0 Å². The molecule has 1 atom stereocenters. The zero-order valence-electron chi connectivity index (χ0n) is 12.6. The Hall–Kier alpha value is -2.36. The largest absolute Gasteiger partial charge is 0.382 e. The summed E-state index contributed by atoms with van der Waals surface area (Å²) in [5.41, 5.74) is 3.73. The van der Waals surface area contributed by atoms with Gasteiger partial charge in [0.15, 0.2) is 0 Å². The van der Waals surface area contributed by atoms with Gasteiger partial charge in [-0.1, -0.05) is 24.3 Å². The molecule has 0 radical (unpaired) electrons. The number of benzene rings is 1. The molecule has 114 valence electrons. The van der Waals surface area contributed by atoms with Crippen LogP contribution in [0.3, 0.4) is 0 Å². The highest BCUT2D eigenvalue weighted by molar-refractivity contribution is 5.77. The highest BCUT2D eigenvalue weighted by Gasteiger charge is 2.23. The molecular formula is C18H21N3O. The van der Waals surface area contributed by atoms with Gasteiger partial charge in [-0.05, 0) is 42.0 Å². The number of anilines is 1. The molecule has 3 rings (SSSR count). The first-order chi connectivity index (χ1) is 10.8. The van der Waals surface area contributed by atoms with Crippen molar-refractivity contribution in [3.05, 3.63) is 59.9 Å². The van der Waals surface area contributed by atoms with Crippen molar-refractivity contribution in [2.45, 2.75) is 25.2 Å². The number of carbonyl (C=O) groups is 1. The first-order valence-corrected chi connectivity index (χ1v) is 7.81. The molecule has 0 spiro atoms. The van der Waals surface area contributed by atoms with Crippen molar-refractivity contribution in [2.24, 2.45) is 0 Å². The fourth-order valence-corrected chi connectivity index (χ4v) is 3.03. The minimum atomic E-state index is 0.134. The van der Waals surface area contributed by atoms with Crippen LogP contribution in [0.15, 0.2) is 48.8 Å². The van der Waals surface area contributed by atoms with Crippen molar-refractivity contribution in [3.8, 4) is 0 Å². The summed E-state index contributed by atoms with van der Waals surface area (Å²) in [7, 11) is 0. The van der Waals surface area contributed by atoms with Crippen molar-refractivity contribution >= 4 is 11.6 Å². The number of amides is 1. The molecule has 2 aromatic rings. The lowest BCUT2D eigenvalue weighted by molar-refractivity contribution is -0.121. The van der Waals surface area contributed by atoms with E-state index in [1.54, 1.807) is 12.4 Å². The third-order valence-electron chi connectivity index (χ3n) is 4.13. The summed E-state index contributed by atoms with van der Waals surface area (Å²) in [6.07, 6.45) is 6.28. The van der Waals surface area contributed by atoms with Crippen LogP contribution >= 0.6 is 0 Å². The highest BCUT2D eigenvalue weighted by Crippen LogP contribution is 2.34. The fourth-order valence-electron chi connectivity index (χ4n) is 3.03. The Bertz CT molecular complexity index is 627. The van der Waals surface area contributed by atoms with Crippen LogP contribution in [0, 0.1) is 0 Å². The number of hydrogen-bond acceptors (Lipinski definition) is 3. The molecule has 22 heavy (non-hydrogen) atoms. The van der Waals surface area contributed by atoms with E-state index in [1.807, 2.05) is 12.1 Å². The van der Waals surface area contributed by atoms with Crippen molar-refractivity contribution in [2.75, 3.05) is 18.4 Å². The van der Waals surface area contributed by atoms with E-state index in [0.717, 1.165) is 18.5 Å². The molecule has 1 aliphatic rings. The average Bonchev–Trinajstić information content (AvgIpc) is 2.96. The molecule has 1 aromatic heterocycles. The van der Waals surface area contributed by atoms with Gasteiger partial charge in [-0.15, -0.1) is 0 Å². The summed E-state index contributed by atoms with van der Waals surface area (Å²) in [5, 5.41) is 6.22. The van der Waals surface area contributed by atoms with Crippen LogP contribution in [0.2, 0.25) is 0 Å². The SMILES string of the molecule is O=C(C[C@H]1CCc2ccccc21)NCCNc1cccnc1. The molecule has 1 heterocycles. The minimum absolute atomic E-state index is 0.134. The standard InChI is InChI=1S/C18H21N3O/c22-18(21-11-10-20-16-5-3-9-19-13-16)12-15-8-7-14-4-1-2-6-17(14)15/h1-6,9,13,15,20H,7-8,10-12H2,(H,21,22)/t15-/m1/s1. The predicted molar refractivity (Wildman–Crippen MR) is 87.9 cm³/mol. The Kier molecular flexibility index (Phi) is 4.68. The number of pyridine rings is 1. The second-order valence-electron chi connectivity index (χ2n) is 5.66. The van der Waals surface area contributed by atoms with Gasteiger partial charge in [-0.3, -0.25) is 9.78 Å². The third kappa shape index (κ3) is 3.64. The van der Waals surface area contributed by atoms with Crippen LogP contribution in [-0.4, -0.2) is 24.0 Å². The number of aryl methyl sites for hydroxylation is 1. The number of nitrogens with zero attached hydrogens (tertiary/aromatic N) is 1. The first-order valence-electron chi connectivity index (χ1n) is 7.81. The average molecular weight is 295 g/mol. The van der Waals surface area contributed by atoms with Crippen LogP contribution in [0.5, 0.6) is 0 Å². The second-order valence-corrected chi connectivity index (χ2v) is 5.66. The Balaban J connectivity index is 1.40. The maximum Gasteiger partial charge on any atom is 0.220 e. The molecule has 1 aromatic carbocycles. The smallest absolute Gasteiger partial charge is 0.220 e. The van der Waals surface area contributed by atoms with Gasteiger partial charge in [0.2, 0.25) is 5.91 Å². The molecule has 0 unspecified atom stereocenters. The Morgan fingerprint density at radius 1 is 1.18 bits per heavy atom. The molecule has 0 bridgehead atoms. The van der Waals surface area contributed by atoms with E-state index in [4.69, 9.17) is 0 Å². The Morgan fingerprint density at radius 3 is 2.95 bits per heavy atom. The van der Waals surface area contributed by atoms with Crippen LogP contribution in [0.1, 0.15) is 29.9 Å². The van der Waals surface area contributed by atoms with Crippen molar-refractivity contribution in [3.63, 3.8) is 0 Å². The van der Waals surface area contributed by atoms with Crippen LogP contribution in [0.25, 0.3) is 0 Å². The normalized spacial score (nSPS) is 16.1. The number of aromatic nitrogens is 1. The van der Waals surface area contributed by atoms with E-state index >= 15 is 0 Å². The summed E-state index contributed by atoms with van der Waals surface area (Å²) in [6.45, 7) is 1.33. The molecule has 1 amide bonds. The van der Waals surface area contributed by atoms with Crippen LogP contribution in [0.4, 0.5) is 5.69 Å². The Morgan fingerprint density at radius 2 is 2.09 bits per heavy atom. The third-order valence-corrected chi connectivity index (χ3v) is 4.13. The molecule has 0 saturated heterocycles. The zero-order valence-corrected chi connectivity index (χ0v) is 12.6. The monoisotopic (exact) mass is 295 g/mol. The molecule has 2 N–H and O–H groups in total. The molecule has 0 saturated carbocycles. The Labute approximate surface area is 131 Å². The van der Waals surface area contributed by atoms with Gasteiger partial charge in [0.05, 0.1) is 5.69 Å². The summed E-state index contributed by atoms with van der Waals surface area (Å²) in [4.78, 5) is 16.1. The number of carbonyl (C=O) groups excluding carboxylic acids is 1. The lowest BCUT2D eigenvalue weighted by Gasteiger charge is -2.12. The molecule has 4 heteroatoms. The van der Waals surface area contributed by atoms with E-state index in [9.17, 15) is 4.79 Å². The maximum absolute atomic E-state index is 12.1. The number of nitrogens with one attached hydrogen (secondary N) is 2. The lowest BCUT2D eigenvalue weighted by Crippen LogP contribution is -2.29. The van der Waals surface area contributed by atoms with Crippen molar-refractivity contribution in [1.82, 2.24) is 10.3 Å². The summed E-state index contributed by atoms with van der Waals surface area (Å²) in [5.74, 6) is 0.511. The van der Waals surface area contributed by atoms with Gasteiger partial charge in [0.1, 0.15) is 0 Å².